The molecular formula is C14H9N3. The lowest BCUT2D eigenvalue weighted by atomic mass is 10.1. The molecule has 0 aliphatic carbocycles. The van der Waals surface area contributed by atoms with Gasteiger partial charge in [0.25, 0.3) is 0 Å². The number of pyridine rings is 1. The summed E-state index contributed by atoms with van der Waals surface area (Å²) in [5.41, 5.74) is 4.05. The molecule has 0 unspecified atom stereocenters. The van der Waals surface area contributed by atoms with E-state index in [0.29, 0.717) is 0 Å². The summed E-state index contributed by atoms with van der Waals surface area (Å²) in [6.45, 7) is 0. The maximum absolute atomic E-state index is 4.65. The van der Waals surface area contributed by atoms with Crippen molar-refractivity contribution in [1.29, 1.82) is 0 Å². The van der Waals surface area contributed by atoms with Crippen molar-refractivity contribution in [2.45, 2.75) is 0 Å². The quantitative estimate of drug-likeness (QED) is 0.461. The fourth-order valence-corrected chi connectivity index (χ4v) is 2.26. The van der Waals surface area contributed by atoms with E-state index in [1.54, 1.807) is 6.33 Å². The number of para-hydroxylation sites is 1. The zero-order valence-electron chi connectivity index (χ0n) is 9.01. The van der Waals surface area contributed by atoms with Crippen molar-refractivity contribution < 1.29 is 0 Å². The second-order valence-electron chi connectivity index (χ2n) is 4.11. The molecule has 1 N–H and O–H groups in total. The lowest BCUT2D eigenvalue weighted by molar-refractivity contribution is 1.35. The number of imidazole rings is 1. The van der Waals surface area contributed by atoms with Gasteiger partial charge in [-0.15, -0.1) is 0 Å². The van der Waals surface area contributed by atoms with Crippen LogP contribution >= 0.6 is 0 Å². The summed E-state index contributed by atoms with van der Waals surface area (Å²) in [7, 11) is 0. The van der Waals surface area contributed by atoms with E-state index in [4.69, 9.17) is 0 Å². The highest BCUT2D eigenvalue weighted by Crippen LogP contribution is 2.24. The Kier molecular flexibility index (Phi) is 1.56. The summed E-state index contributed by atoms with van der Waals surface area (Å²) in [5.74, 6) is 0. The van der Waals surface area contributed by atoms with Crippen LogP contribution in [0.25, 0.3) is 32.8 Å². The molecule has 3 heteroatoms. The normalized spacial score (nSPS) is 11.5. The average Bonchev–Trinajstić information content (AvgIpc) is 2.85. The zero-order valence-corrected chi connectivity index (χ0v) is 9.01. The highest BCUT2D eigenvalue weighted by atomic mass is 14.9. The van der Waals surface area contributed by atoms with Gasteiger partial charge in [0.15, 0.2) is 0 Å². The third kappa shape index (κ3) is 1.16. The molecule has 0 radical (unpaired) electrons. The second-order valence-corrected chi connectivity index (χ2v) is 4.11. The van der Waals surface area contributed by atoms with Gasteiger partial charge < -0.3 is 4.98 Å². The molecule has 0 spiro atoms. The Morgan fingerprint density at radius 1 is 0.941 bits per heavy atom. The number of hydrogen-bond donors (Lipinski definition) is 1. The molecule has 0 aliphatic heterocycles. The average molecular weight is 219 g/mol. The summed E-state index contributed by atoms with van der Waals surface area (Å²) in [6, 6.07) is 14.3. The zero-order chi connectivity index (χ0) is 11.2. The van der Waals surface area contributed by atoms with Gasteiger partial charge in [0.2, 0.25) is 0 Å². The summed E-state index contributed by atoms with van der Waals surface area (Å²) in [4.78, 5) is 12.1. The minimum atomic E-state index is 0.987. The van der Waals surface area contributed by atoms with Gasteiger partial charge in [0.1, 0.15) is 0 Å². The van der Waals surface area contributed by atoms with E-state index in [1.807, 2.05) is 30.3 Å². The first kappa shape index (κ1) is 8.70. The first-order chi connectivity index (χ1) is 8.42. The topological polar surface area (TPSA) is 41.6 Å². The summed E-state index contributed by atoms with van der Waals surface area (Å²) < 4.78 is 0. The maximum atomic E-state index is 4.65. The first-order valence-electron chi connectivity index (χ1n) is 5.53. The van der Waals surface area contributed by atoms with Crippen LogP contribution in [0.2, 0.25) is 0 Å². The molecule has 0 saturated carbocycles. The van der Waals surface area contributed by atoms with Crippen LogP contribution < -0.4 is 0 Å². The highest BCUT2D eigenvalue weighted by molar-refractivity contribution is 6.06. The van der Waals surface area contributed by atoms with Crippen molar-refractivity contribution in [3.63, 3.8) is 0 Å². The van der Waals surface area contributed by atoms with E-state index in [1.165, 1.54) is 0 Å². The van der Waals surface area contributed by atoms with Gasteiger partial charge in [0.05, 0.1) is 28.4 Å². The van der Waals surface area contributed by atoms with Crippen LogP contribution in [-0.4, -0.2) is 15.0 Å². The molecule has 4 aromatic rings. The van der Waals surface area contributed by atoms with E-state index in [9.17, 15) is 0 Å². The second kappa shape index (κ2) is 3.04. The third-order valence-corrected chi connectivity index (χ3v) is 3.09. The first-order valence-corrected chi connectivity index (χ1v) is 5.53. The number of H-pyrrole nitrogens is 1. The van der Waals surface area contributed by atoms with Crippen molar-refractivity contribution in [1.82, 2.24) is 15.0 Å². The van der Waals surface area contributed by atoms with Crippen LogP contribution in [0.5, 0.6) is 0 Å². The Hall–Kier alpha value is -2.42. The van der Waals surface area contributed by atoms with Gasteiger partial charge in [-0.05, 0) is 24.3 Å². The van der Waals surface area contributed by atoms with Crippen molar-refractivity contribution >= 4 is 32.8 Å². The number of fused-ring (bicyclic) bond motifs is 4. The van der Waals surface area contributed by atoms with Crippen molar-refractivity contribution in [2.24, 2.45) is 0 Å². The molecule has 17 heavy (non-hydrogen) atoms. The number of nitrogens with zero attached hydrogens (tertiary/aromatic N) is 2. The molecule has 0 bridgehead atoms. The molecule has 80 valence electrons. The SMILES string of the molecule is c1ccc2nc3ccc4[nH]cnc4c3cc2c1. The fourth-order valence-electron chi connectivity index (χ4n) is 2.26. The Labute approximate surface area is 97.1 Å². The lowest BCUT2D eigenvalue weighted by Crippen LogP contribution is -1.83. The van der Waals surface area contributed by atoms with Crippen LogP contribution in [0.15, 0.2) is 48.8 Å². The molecule has 0 fully saturated rings. The standard InChI is InChI=1S/C14H9N3/c1-2-4-11-9(3-1)7-10-12(17-11)5-6-13-14(10)16-8-15-13/h1-8H,(H,15,16). The molecule has 2 heterocycles. The number of aromatic amines is 1. The van der Waals surface area contributed by atoms with Crippen LogP contribution in [0.4, 0.5) is 0 Å². The van der Waals surface area contributed by atoms with Gasteiger partial charge in [-0.1, -0.05) is 18.2 Å². The number of benzene rings is 2. The van der Waals surface area contributed by atoms with Gasteiger partial charge in [0, 0.05) is 10.8 Å². The van der Waals surface area contributed by atoms with Crippen LogP contribution in [0.3, 0.4) is 0 Å². The predicted octanol–water partition coefficient (Wildman–Crippen LogP) is 3.26. The highest BCUT2D eigenvalue weighted by Gasteiger charge is 2.05. The minimum Gasteiger partial charge on any atom is -0.345 e. The van der Waals surface area contributed by atoms with E-state index in [-0.39, 0.29) is 0 Å². The van der Waals surface area contributed by atoms with Gasteiger partial charge in [-0.25, -0.2) is 9.97 Å². The summed E-state index contributed by atoms with van der Waals surface area (Å²) in [6.07, 6.45) is 1.72. The molecule has 0 aliphatic rings. The molecule has 2 aromatic heterocycles. The fraction of sp³-hybridized carbons (Fsp3) is 0. The van der Waals surface area contributed by atoms with Gasteiger partial charge >= 0.3 is 0 Å². The summed E-state index contributed by atoms with van der Waals surface area (Å²) in [5, 5.41) is 2.25. The Balaban J connectivity index is 2.29. The van der Waals surface area contributed by atoms with E-state index in [0.717, 1.165) is 32.8 Å². The lowest BCUT2D eigenvalue weighted by Gasteiger charge is -2.01. The van der Waals surface area contributed by atoms with Gasteiger partial charge in [-0.2, -0.15) is 0 Å². The largest absolute Gasteiger partial charge is 0.345 e. The number of nitrogens with one attached hydrogen (secondary N) is 1. The molecular weight excluding hydrogens is 210 g/mol. The third-order valence-electron chi connectivity index (χ3n) is 3.09. The Bertz CT molecular complexity index is 846. The predicted molar refractivity (Wildman–Crippen MR) is 68.9 cm³/mol. The minimum absolute atomic E-state index is 0.987. The van der Waals surface area contributed by atoms with Gasteiger partial charge in [-0.3, -0.25) is 0 Å². The number of hydrogen-bond acceptors (Lipinski definition) is 2. The molecule has 3 nitrogen and oxygen atoms in total. The molecule has 0 atom stereocenters. The van der Waals surface area contributed by atoms with E-state index in [2.05, 4.69) is 27.1 Å². The summed E-state index contributed by atoms with van der Waals surface area (Å²) >= 11 is 0. The van der Waals surface area contributed by atoms with Crippen LogP contribution in [0, 0.1) is 0 Å². The number of rotatable bonds is 0. The molecule has 0 saturated heterocycles. The van der Waals surface area contributed by atoms with Crippen molar-refractivity contribution in [3.05, 3.63) is 48.8 Å². The molecule has 4 rings (SSSR count). The van der Waals surface area contributed by atoms with Crippen molar-refractivity contribution in [2.75, 3.05) is 0 Å². The van der Waals surface area contributed by atoms with Crippen molar-refractivity contribution in [3.8, 4) is 0 Å². The van der Waals surface area contributed by atoms with Crippen LogP contribution in [0.1, 0.15) is 0 Å². The maximum Gasteiger partial charge on any atom is 0.0976 e. The monoisotopic (exact) mass is 219 g/mol. The van der Waals surface area contributed by atoms with E-state index >= 15 is 0 Å². The van der Waals surface area contributed by atoms with Crippen LogP contribution in [-0.2, 0) is 0 Å². The molecule has 0 amide bonds. The number of aromatic nitrogens is 3. The van der Waals surface area contributed by atoms with E-state index < -0.39 is 0 Å². The molecule has 2 aromatic carbocycles. The Morgan fingerprint density at radius 2 is 1.88 bits per heavy atom. The smallest absolute Gasteiger partial charge is 0.0976 e. The Morgan fingerprint density at radius 3 is 2.88 bits per heavy atom.